The van der Waals surface area contributed by atoms with E-state index in [4.69, 9.17) is 5.73 Å². The van der Waals surface area contributed by atoms with Crippen LogP contribution in [0.5, 0.6) is 0 Å². The normalized spacial score (nSPS) is 19.0. The highest BCUT2D eigenvalue weighted by atomic mass is 16.1. The molecule has 0 spiro atoms. The fourth-order valence-corrected chi connectivity index (χ4v) is 1.97. The van der Waals surface area contributed by atoms with Crippen LogP contribution in [0.25, 0.3) is 0 Å². The predicted molar refractivity (Wildman–Crippen MR) is 63.7 cm³/mol. The molecule has 0 unspecified atom stereocenters. The number of allylic oxidation sites excluding steroid dienone is 2. The number of Topliss-reactive ketones (excluding diaryl/α,β-unsaturated/α-hetero) is 1. The number of carbonyl (C=O) groups excluding carboxylic acids is 1. The number of hydrogen-bond donors (Lipinski definition) is 1. The fraction of sp³-hybridized carbons (Fsp3) is 0.769. The van der Waals surface area contributed by atoms with Crippen molar-refractivity contribution in [2.45, 2.75) is 64.3 Å². The van der Waals surface area contributed by atoms with Gasteiger partial charge in [0.1, 0.15) is 0 Å². The van der Waals surface area contributed by atoms with Gasteiger partial charge in [-0.2, -0.15) is 0 Å². The summed E-state index contributed by atoms with van der Waals surface area (Å²) in [6.45, 7) is 3.82. The number of carbonyl (C=O) groups is 1. The van der Waals surface area contributed by atoms with E-state index in [-0.39, 0.29) is 11.3 Å². The molecule has 0 fully saturated rings. The molecule has 2 nitrogen and oxygen atoms in total. The number of ketones is 1. The molecule has 0 heterocycles. The molecule has 0 saturated carbocycles. The summed E-state index contributed by atoms with van der Waals surface area (Å²) in [5.74, 6) is 0.254. The van der Waals surface area contributed by atoms with Gasteiger partial charge in [0.05, 0.1) is 0 Å². The van der Waals surface area contributed by atoms with Gasteiger partial charge in [0.15, 0.2) is 5.78 Å². The third-order valence-corrected chi connectivity index (χ3v) is 2.77. The maximum Gasteiger partial charge on any atom is 0.160 e. The molecule has 0 radical (unpaired) electrons. The van der Waals surface area contributed by atoms with Crippen molar-refractivity contribution in [3.8, 4) is 0 Å². The maximum atomic E-state index is 11.9. The molecule has 0 atom stereocenters. The molecule has 2 N–H and O–H groups in total. The molecule has 0 aromatic rings. The zero-order valence-corrected chi connectivity index (χ0v) is 10.0. The van der Waals surface area contributed by atoms with Crippen molar-refractivity contribution in [3.05, 3.63) is 11.6 Å². The lowest BCUT2D eigenvalue weighted by Crippen LogP contribution is -2.35. The quantitative estimate of drug-likeness (QED) is 0.776. The predicted octanol–water partition coefficient (Wildman–Crippen LogP) is 2.96. The van der Waals surface area contributed by atoms with Crippen LogP contribution in [0.15, 0.2) is 11.6 Å². The van der Waals surface area contributed by atoms with Gasteiger partial charge in [-0.25, -0.2) is 0 Å². The summed E-state index contributed by atoms with van der Waals surface area (Å²) in [4.78, 5) is 11.9. The van der Waals surface area contributed by atoms with Gasteiger partial charge in [-0.05, 0) is 45.1 Å². The maximum absolute atomic E-state index is 11.9. The van der Waals surface area contributed by atoms with Crippen LogP contribution in [0.3, 0.4) is 0 Å². The third-order valence-electron chi connectivity index (χ3n) is 2.77. The van der Waals surface area contributed by atoms with E-state index < -0.39 is 0 Å². The van der Waals surface area contributed by atoms with Crippen LogP contribution in [0.4, 0.5) is 0 Å². The summed E-state index contributed by atoms with van der Waals surface area (Å²) < 4.78 is 0. The SMILES string of the molecule is CC(C)(N)CC(=O)C1=CCCCCCC1. The van der Waals surface area contributed by atoms with Crippen LogP contribution < -0.4 is 5.73 Å². The lowest BCUT2D eigenvalue weighted by Gasteiger charge is -2.19. The van der Waals surface area contributed by atoms with Crippen LogP contribution in [0.1, 0.15) is 58.8 Å². The highest BCUT2D eigenvalue weighted by Crippen LogP contribution is 2.20. The summed E-state index contributed by atoms with van der Waals surface area (Å²) in [7, 11) is 0. The number of hydrogen-bond acceptors (Lipinski definition) is 2. The number of rotatable bonds is 3. The Morgan fingerprint density at radius 3 is 2.67 bits per heavy atom. The van der Waals surface area contributed by atoms with Crippen molar-refractivity contribution in [3.63, 3.8) is 0 Å². The molecule has 0 aromatic heterocycles. The van der Waals surface area contributed by atoms with Gasteiger partial charge < -0.3 is 5.73 Å². The zero-order chi connectivity index (χ0) is 11.3. The van der Waals surface area contributed by atoms with Crippen LogP contribution in [0.2, 0.25) is 0 Å². The molecule has 1 aliphatic carbocycles. The van der Waals surface area contributed by atoms with Crippen molar-refractivity contribution in [1.29, 1.82) is 0 Å². The first-order valence-electron chi connectivity index (χ1n) is 6.00. The highest BCUT2D eigenvalue weighted by molar-refractivity contribution is 5.95. The standard InChI is InChI=1S/C13H23NO/c1-13(2,14)10-12(15)11-8-6-4-3-5-7-9-11/h8H,3-7,9-10,14H2,1-2H3. The molecule has 86 valence electrons. The Morgan fingerprint density at radius 1 is 1.33 bits per heavy atom. The Labute approximate surface area is 92.9 Å². The van der Waals surface area contributed by atoms with Gasteiger partial charge in [0, 0.05) is 12.0 Å². The van der Waals surface area contributed by atoms with Crippen LogP contribution in [-0.4, -0.2) is 11.3 Å². The van der Waals surface area contributed by atoms with Gasteiger partial charge in [-0.15, -0.1) is 0 Å². The molecule has 0 aliphatic heterocycles. The molecule has 1 rings (SSSR count). The molecular weight excluding hydrogens is 186 g/mol. The lowest BCUT2D eigenvalue weighted by molar-refractivity contribution is -0.116. The first-order valence-corrected chi connectivity index (χ1v) is 6.00. The molecule has 0 saturated heterocycles. The fourth-order valence-electron chi connectivity index (χ4n) is 1.97. The second-order valence-corrected chi connectivity index (χ2v) is 5.27. The van der Waals surface area contributed by atoms with Crippen molar-refractivity contribution in [2.24, 2.45) is 5.73 Å². The first kappa shape index (κ1) is 12.4. The van der Waals surface area contributed by atoms with E-state index >= 15 is 0 Å². The van der Waals surface area contributed by atoms with E-state index in [0.29, 0.717) is 6.42 Å². The van der Waals surface area contributed by atoms with E-state index in [0.717, 1.165) is 24.8 Å². The topological polar surface area (TPSA) is 43.1 Å². The first-order chi connectivity index (χ1) is 6.99. The van der Waals surface area contributed by atoms with Crippen molar-refractivity contribution in [2.75, 3.05) is 0 Å². The smallest absolute Gasteiger partial charge is 0.160 e. The summed E-state index contributed by atoms with van der Waals surface area (Å²) >= 11 is 0. The van der Waals surface area contributed by atoms with Gasteiger partial charge >= 0.3 is 0 Å². The van der Waals surface area contributed by atoms with Crippen molar-refractivity contribution in [1.82, 2.24) is 0 Å². The van der Waals surface area contributed by atoms with Gasteiger partial charge in [0.2, 0.25) is 0 Å². The summed E-state index contributed by atoms with van der Waals surface area (Å²) in [6, 6.07) is 0. The Morgan fingerprint density at radius 2 is 2.00 bits per heavy atom. The lowest BCUT2D eigenvalue weighted by atomic mass is 9.90. The largest absolute Gasteiger partial charge is 0.325 e. The van der Waals surface area contributed by atoms with Crippen molar-refractivity contribution >= 4 is 5.78 Å². The third kappa shape index (κ3) is 5.12. The van der Waals surface area contributed by atoms with E-state index in [1.165, 1.54) is 19.3 Å². The average Bonchev–Trinajstić information content (AvgIpc) is 1.98. The molecule has 0 aromatic carbocycles. The molecule has 0 bridgehead atoms. The molecule has 2 heteroatoms. The minimum atomic E-state index is -0.375. The molecular formula is C13H23NO. The monoisotopic (exact) mass is 209 g/mol. The Kier molecular flexibility index (Phi) is 4.52. The van der Waals surface area contributed by atoms with Crippen LogP contribution in [0, 0.1) is 0 Å². The van der Waals surface area contributed by atoms with Crippen molar-refractivity contribution < 1.29 is 4.79 Å². The highest BCUT2D eigenvalue weighted by Gasteiger charge is 2.19. The summed E-state index contributed by atoms with van der Waals surface area (Å²) in [5.41, 5.74) is 6.51. The Balaban J connectivity index is 2.56. The van der Waals surface area contributed by atoms with Crippen LogP contribution in [-0.2, 0) is 4.79 Å². The van der Waals surface area contributed by atoms with Crippen LogP contribution >= 0.6 is 0 Å². The average molecular weight is 209 g/mol. The van der Waals surface area contributed by atoms with Gasteiger partial charge in [-0.1, -0.05) is 18.9 Å². The summed E-state index contributed by atoms with van der Waals surface area (Å²) in [6.07, 6.45) is 9.56. The second kappa shape index (κ2) is 5.45. The Bertz CT molecular complexity index is 248. The van der Waals surface area contributed by atoms with E-state index in [9.17, 15) is 4.79 Å². The minimum absolute atomic E-state index is 0.254. The van der Waals surface area contributed by atoms with Gasteiger partial charge in [0.25, 0.3) is 0 Å². The molecule has 1 aliphatic rings. The number of nitrogens with two attached hydrogens (primary N) is 1. The zero-order valence-electron chi connectivity index (χ0n) is 10.0. The molecule has 15 heavy (non-hydrogen) atoms. The summed E-state index contributed by atoms with van der Waals surface area (Å²) in [5, 5.41) is 0. The second-order valence-electron chi connectivity index (χ2n) is 5.27. The van der Waals surface area contributed by atoms with Gasteiger partial charge in [-0.3, -0.25) is 4.79 Å². The van der Waals surface area contributed by atoms with E-state index in [2.05, 4.69) is 6.08 Å². The van der Waals surface area contributed by atoms with E-state index in [1.807, 2.05) is 13.8 Å². The van der Waals surface area contributed by atoms with E-state index in [1.54, 1.807) is 0 Å². The Hall–Kier alpha value is -0.630. The minimum Gasteiger partial charge on any atom is -0.325 e. The molecule has 0 amide bonds.